The molecule has 2 aliphatic heterocycles. The van der Waals surface area contributed by atoms with Crippen molar-refractivity contribution in [2.45, 2.75) is 29.7 Å². The van der Waals surface area contributed by atoms with Gasteiger partial charge in [0.1, 0.15) is 17.5 Å². The molecule has 0 radical (unpaired) electrons. The minimum absolute atomic E-state index is 0.0739. The van der Waals surface area contributed by atoms with Crippen LogP contribution in [0.25, 0.3) is 0 Å². The second-order valence-electron chi connectivity index (χ2n) is 10.1. The molecule has 10 nitrogen and oxygen atoms in total. The number of aromatic hydroxyl groups is 1. The Bertz CT molecular complexity index is 1820. The fraction of sp³-hybridized carbons (Fsp3) is 0.226. The van der Waals surface area contributed by atoms with Crippen LogP contribution in [0.4, 0.5) is 11.4 Å². The Morgan fingerprint density at radius 2 is 1.75 bits per heavy atom. The molecule has 0 spiro atoms. The van der Waals surface area contributed by atoms with Crippen LogP contribution in [0.1, 0.15) is 23.3 Å². The maximum absolute atomic E-state index is 14.0. The third kappa shape index (κ3) is 5.33. The fourth-order valence-corrected chi connectivity index (χ4v) is 8.37. The molecule has 4 aromatic rings. The van der Waals surface area contributed by atoms with E-state index in [-0.39, 0.29) is 18.0 Å². The molecule has 44 heavy (non-hydrogen) atoms. The van der Waals surface area contributed by atoms with Crippen molar-refractivity contribution < 1.29 is 29.0 Å². The Balaban J connectivity index is 1.41. The van der Waals surface area contributed by atoms with Gasteiger partial charge in [-0.05, 0) is 73.2 Å². The van der Waals surface area contributed by atoms with Crippen molar-refractivity contribution in [1.29, 1.82) is 0 Å². The normalized spacial score (nSPS) is 19.0. The lowest BCUT2D eigenvalue weighted by atomic mass is 9.83. The third-order valence-electron chi connectivity index (χ3n) is 7.45. The number of halogens is 1. The van der Waals surface area contributed by atoms with Crippen LogP contribution in [0.3, 0.4) is 0 Å². The monoisotopic (exact) mass is 651 g/mol. The summed E-state index contributed by atoms with van der Waals surface area (Å²) in [6, 6.07) is 18.0. The average molecular weight is 652 g/mol. The molecule has 3 heterocycles. The zero-order chi connectivity index (χ0) is 31.1. The SMILES string of the molecule is CCOc1cc([C@@H]2c3sc(=O)n(CC(=O)Nc4ccc(OC)cc4)c3SC3C(=O)N(c4ccc(Cl)cc4)C(=O)C32)ccc1O. The second kappa shape index (κ2) is 12.0. The summed E-state index contributed by atoms with van der Waals surface area (Å²) in [4.78, 5) is 55.8. The first-order valence-corrected chi connectivity index (χ1v) is 15.7. The number of hydrogen-bond acceptors (Lipinski definition) is 9. The Kier molecular flexibility index (Phi) is 8.14. The summed E-state index contributed by atoms with van der Waals surface area (Å²) in [7, 11) is 1.54. The maximum Gasteiger partial charge on any atom is 0.308 e. The zero-order valence-electron chi connectivity index (χ0n) is 23.5. The minimum Gasteiger partial charge on any atom is -0.504 e. The number of thiazole rings is 1. The first-order chi connectivity index (χ1) is 21.2. The molecule has 3 amide bonds. The van der Waals surface area contributed by atoms with Gasteiger partial charge in [-0.15, -0.1) is 0 Å². The predicted octanol–water partition coefficient (Wildman–Crippen LogP) is 5.11. The van der Waals surface area contributed by atoms with Crippen LogP contribution < -0.4 is 24.6 Å². The summed E-state index contributed by atoms with van der Waals surface area (Å²) >= 11 is 8.11. The van der Waals surface area contributed by atoms with Gasteiger partial charge >= 0.3 is 4.87 Å². The lowest BCUT2D eigenvalue weighted by molar-refractivity contribution is -0.122. The highest BCUT2D eigenvalue weighted by Crippen LogP contribution is 2.54. The van der Waals surface area contributed by atoms with E-state index in [1.54, 1.807) is 74.7 Å². The molecular weight excluding hydrogens is 626 g/mol. The molecule has 0 saturated carbocycles. The summed E-state index contributed by atoms with van der Waals surface area (Å²) in [5.74, 6) is -2.07. The van der Waals surface area contributed by atoms with Crippen LogP contribution in [0, 0.1) is 5.92 Å². The third-order valence-corrected chi connectivity index (χ3v) is 10.3. The number of imide groups is 1. The molecule has 1 aromatic heterocycles. The smallest absolute Gasteiger partial charge is 0.308 e. The van der Waals surface area contributed by atoms with E-state index in [9.17, 15) is 24.3 Å². The van der Waals surface area contributed by atoms with Gasteiger partial charge in [-0.1, -0.05) is 40.8 Å². The highest BCUT2D eigenvalue weighted by atomic mass is 35.5. The lowest BCUT2D eigenvalue weighted by Crippen LogP contribution is -2.33. The Morgan fingerprint density at radius 1 is 1.02 bits per heavy atom. The van der Waals surface area contributed by atoms with Crippen molar-refractivity contribution >= 4 is 63.8 Å². The van der Waals surface area contributed by atoms with Crippen LogP contribution in [0.2, 0.25) is 5.02 Å². The fourth-order valence-electron chi connectivity index (χ4n) is 5.47. The molecule has 1 saturated heterocycles. The van der Waals surface area contributed by atoms with Crippen molar-refractivity contribution in [3.05, 3.63) is 91.9 Å². The highest BCUT2D eigenvalue weighted by Gasteiger charge is 2.57. The van der Waals surface area contributed by atoms with Gasteiger partial charge in [0.15, 0.2) is 11.5 Å². The summed E-state index contributed by atoms with van der Waals surface area (Å²) in [6.07, 6.45) is 0. The molecule has 2 N–H and O–H groups in total. The number of nitrogens with zero attached hydrogens (tertiary/aromatic N) is 2. The van der Waals surface area contributed by atoms with Crippen molar-refractivity contribution in [3.63, 3.8) is 0 Å². The van der Waals surface area contributed by atoms with Crippen LogP contribution in [-0.2, 0) is 20.9 Å². The van der Waals surface area contributed by atoms with E-state index < -0.39 is 39.7 Å². The molecule has 0 aliphatic carbocycles. The molecule has 3 aromatic carbocycles. The number of phenols is 1. The number of phenolic OH excluding ortho intramolecular Hbond substituents is 1. The number of ether oxygens (including phenoxy) is 2. The summed E-state index contributed by atoms with van der Waals surface area (Å²) in [6.45, 7) is 1.78. The Labute approximate surface area is 265 Å². The van der Waals surface area contributed by atoms with Crippen LogP contribution in [0.5, 0.6) is 17.2 Å². The van der Waals surface area contributed by atoms with Gasteiger partial charge in [0.2, 0.25) is 17.7 Å². The molecule has 2 aliphatic rings. The number of amides is 3. The number of hydrogen-bond donors (Lipinski definition) is 2. The number of fused-ring (bicyclic) bond motifs is 2. The number of methoxy groups -OCH3 is 1. The summed E-state index contributed by atoms with van der Waals surface area (Å²) < 4.78 is 12.1. The van der Waals surface area contributed by atoms with Gasteiger partial charge < -0.3 is 19.9 Å². The van der Waals surface area contributed by atoms with Crippen molar-refractivity contribution in [3.8, 4) is 17.2 Å². The van der Waals surface area contributed by atoms with Gasteiger partial charge in [-0.3, -0.25) is 23.7 Å². The largest absolute Gasteiger partial charge is 0.504 e. The van der Waals surface area contributed by atoms with Crippen molar-refractivity contribution in [2.24, 2.45) is 5.92 Å². The quantitative estimate of drug-likeness (QED) is 0.252. The van der Waals surface area contributed by atoms with E-state index in [4.69, 9.17) is 21.1 Å². The highest BCUT2D eigenvalue weighted by molar-refractivity contribution is 8.00. The maximum atomic E-state index is 14.0. The van der Waals surface area contributed by atoms with E-state index in [0.717, 1.165) is 28.0 Å². The minimum atomic E-state index is -0.870. The van der Waals surface area contributed by atoms with Gasteiger partial charge in [0.25, 0.3) is 0 Å². The van der Waals surface area contributed by atoms with Crippen molar-refractivity contribution in [2.75, 3.05) is 23.9 Å². The summed E-state index contributed by atoms with van der Waals surface area (Å²) in [5.41, 5.74) is 1.51. The van der Waals surface area contributed by atoms with Crippen molar-refractivity contribution in [1.82, 2.24) is 4.57 Å². The van der Waals surface area contributed by atoms with Gasteiger partial charge in [0.05, 0.1) is 30.3 Å². The number of benzene rings is 3. The van der Waals surface area contributed by atoms with Gasteiger partial charge in [0, 0.05) is 21.5 Å². The van der Waals surface area contributed by atoms with E-state index in [1.807, 2.05) is 0 Å². The Morgan fingerprint density at radius 3 is 2.43 bits per heavy atom. The zero-order valence-corrected chi connectivity index (χ0v) is 25.9. The standard InChI is InChI=1S/C31H26ClN3O7S2/c1-3-42-22-14-16(4-13-21(22)36)24-25-26(29(39)35(28(25)38)19-9-5-17(32)6-10-19)43-30-27(24)44-31(40)34(30)15-23(37)33-18-7-11-20(41-2)12-8-18/h4-14,24-26,36H,3,15H2,1-2H3,(H,33,37)/t24-,25?,26?/m0/s1. The summed E-state index contributed by atoms with van der Waals surface area (Å²) in [5, 5.41) is 13.2. The van der Waals surface area contributed by atoms with Gasteiger partial charge in [-0.25, -0.2) is 4.90 Å². The number of carbonyl (C=O) groups is 3. The first kappa shape index (κ1) is 29.8. The molecular formula is C31H26ClN3O7S2. The van der Waals surface area contributed by atoms with Gasteiger partial charge in [-0.2, -0.15) is 0 Å². The van der Waals surface area contributed by atoms with Crippen LogP contribution >= 0.6 is 34.7 Å². The van der Waals surface area contributed by atoms with E-state index in [0.29, 0.717) is 44.2 Å². The number of anilines is 2. The first-order valence-electron chi connectivity index (χ1n) is 13.6. The van der Waals surface area contributed by atoms with E-state index in [1.165, 1.54) is 10.6 Å². The number of nitrogens with one attached hydrogen (secondary N) is 1. The topological polar surface area (TPSA) is 127 Å². The lowest BCUT2D eigenvalue weighted by Gasteiger charge is -2.31. The number of aromatic nitrogens is 1. The molecule has 6 rings (SSSR count). The predicted molar refractivity (Wildman–Crippen MR) is 168 cm³/mol. The molecule has 2 unspecified atom stereocenters. The molecule has 226 valence electrons. The molecule has 1 fully saturated rings. The van der Waals surface area contributed by atoms with Crippen LogP contribution in [-0.4, -0.2) is 46.4 Å². The average Bonchev–Trinajstić information content (AvgIpc) is 3.45. The molecule has 3 atom stereocenters. The second-order valence-corrected chi connectivity index (χ2v) is 12.7. The van der Waals surface area contributed by atoms with Crippen LogP contribution in [0.15, 0.2) is 76.6 Å². The van der Waals surface area contributed by atoms with E-state index >= 15 is 0 Å². The Hall–Kier alpha value is -4.26. The molecule has 13 heteroatoms. The number of rotatable bonds is 8. The van der Waals surface area contributed by atoms with E-state index in [2.05, 4.69) is 5.32 Å². The number of thioether (sulfide) groups is 1. The number of carbonyl (C=O) groups excluding carboxylic acids is 3. The molecule has 0 bridgehead atoms.